The minimum atomic E-state index is -3.40. The average molecular weight is 678 g/mol. The Morgan fingerprint density at radius 3 is 2.44 bits per heavy atom. The summed E-state index contributed by atoms with van der Waals surface area (Å²) in [5.41, 5.74) is 3.63. The number of sulfonamides is 1. The monoisotopic (exact) mass is 677 g/mol. The number of ketones is 1. The Morgan fingerprint density at radius 1 is 0.979 bits per heavy atom. The van der Waals surface area contributed by atoms with E-state index in [1.54, 1.807) is 4.31 Å². The Balaban J connectivity index is 1.17. The van der Waals surface area contributed by atoms with Gasteiger partial charge in [-0.1, -0.05) is 81.5 Å². The first-order valence-electron chi connectivity index (χ1n) is 19.1. The van der Waals surface area contributed by atoms with Crippen LogP contribution in [-0.2, 0) is 27.7 Å². The van der Waals surface area contributed by atoms with Crippen LogP contribution in [0.3, 0.4) is 0 Å². The number of hydrogen-bond donors (Lipinski definition) is 1. The van der Waals surface area contributed by atoms with E-state index in [9.17, 15) is 18.3 Å². The summed E-state index contributed by atoms with van der Waals surface area (Å²) in [5.74, 6) is 1.78. The van der Waals surface area contributed by atoms with Gasteiger partial charge >= 0.3 is 0 Å². The molecule has 1 saturated heterocycles. The Hall–Kier alpha value is -2.22. The highest BCUT2D eigenvalue weighted by Crippen LogP contribution is 2.50. The summed E-state index contributed by atoms with van der Waals surface area (Å²) in [4.78, 5) is 14.2. The number of Topliss-reactive ketones (excluding diaryl/α,β-unsaturated/α-hetero) is 1. The fourth-order valence-corrected chi connectivity index (χ4v) is 10.6. The lowest BCUT2D eigenvalue weighted by molar-refractivity contribution is -0.126. The van der Waals surface area contributed by atoms with Gasteiger partial charge < -0.3 is 9.84 Å². The third-order valence-corrected chi connectivity index (χ3v) is 13.6. The van der Waals surface area contributed by atoms with Gasteiger partial charge in [0.2, 0.25) is 10.0 Å². The molecule has 3 fully saturated rings. The first-order chi connectivity index (χ1) is 23.1. The zero-order valence-electron chi connectivity index (χ0n) is 29.5. The third-order valence-electron chi connectivity index (χ3n) is 12.4. The maximum absolute atomic E-state index is 14.2. The maximum Gasteiger partial charge on any atom is 0.211 e. The largest absolute Gasteiger partial charge is 0.487 e. The average Bonchev–Trinajstić information content (AvgIpc) is 3.53. The van der Waals surface area contributed by atoms with Crippen molar-refractivity contribution in [2.24, 2.45) is 23.7 Å². The van der Waals surface area contributed by atoms with Crippen LogP contribution < -0.4 is 4.74 Å². The number of aliphatic hydroxyl groups is 1. The third kappa shape index (κ3) is 8.92. The topological polar surface area (TPSA) is 83.9 Å². The molecule has 3 unspecified atom stereocenters. The van der Waals surface area contributed by atoms with E-state index in [1.165, 1.54) is 62.3 Å². The molecule has 0 bridgehead atoms. The summed E-state index contributed by atoms with van der Waals surface area (Å²) in [7, 11) is -3.40. The molecular formula is C41H59NO5S. The number of rotatable bonds is 13. The first kappa shape index (κ1) is 35.6. The number of carbonyl (C=O) groups is 1. The summed E-state index contributed by atoms with van der Waals surface area (Å²) in [6.45, 7) is 2.99. The van der Waals surface area contributed by atoms with Crippen LogP contribution >= 0.6 is 0 Å². The van der Waals surface area contributed by atoms with Crippen LogP contribution in [0.15, 0.2) is 48.5 Å². The number of ether oxygens (including phenoxy) is 1. The molecule has 2 heterocycles. The van der Waals surface area contributed by atoms with E-state index in [-0.39, 0.29) is 42.1 Å². The smallest absolute Gasteiger partial charge is 0.211 e. The van der Waals surface area contributed by atoms with Crippen LogP contribution in [0.25, 0.3) is 0 Å². The van der Waals surface area contributed by atoms with Gasteiger partial charge in [0.1, 0.15) is 17.1 Å². The Bertz CT molecular complexity index is 1460. The van der Waals surface area contributed by atoms with Gasteiger partial charge in [-0.05, 0) is 117 Å². The van der Waals surface area contributed by atoms with Crippen molar-refractivity contribution in [3.63, 3.8) is 0 Å². The highest BCUT2D eigenvalue weighted by molar-refractivity contribution is 7.88. The van der Waals surface area contributed by atoms with Gasteiger partial charge in [0.25, 0.3) is 0 Å². The lowest BCUT2D eigenvalue weighted by atomic mass is 9.75. The van der Waals surface area contributed by atoms with Crippen molar-refractivity contribution >= 4 is 15.8 Å². The van der Waals surface area contributed by atoms with E-state index in [0.29, 0.717) is 31.2 Å². The molecule has 1 spiro atoms. The number of carbonyl (C=O) groups excluding carboxylic acids is 1. The van der Waals surface area contributed by atoms with Gasteiger partial charge in [-0.3, -0.25) is 4.79 Å². The standard InChI is InChI=1S/C41H59NO5S/c1-3-30-16-19-40-37(25-30)34(27-41(47-40)20-10-11-21-41)17-18-38(43)35(23-32-14-8-5-9-15-32)26-39(44)36-24-33(22-31-12-6-4-7-13-31)28-42(29-36)48(2,45)46/h5,8-9,14-16,19,25,31,33-36,38,43H,3-4,6-7,10-13,17-18,20-24,26-29H2,1-2H3/t33?,34?,35-,36?,38-/m1/s1. The minimum absolute atomic E-state index is 0.0869. The molecule has 2 aliphatic heterocycles. The number of aryl methyl sites for hydroxylation is 1. The first-order valence-corrected chi connectivity index (χ1v) is 21.0. The van der Waals surface area contributed by atoms with Crippen LogP contribution in [-0.4, -0.2) is 54.7 Å². The molecule has 2 aliphatic carbocycles. The lowest BCUT2D eigenvalue weighted by Gasteiger charge is -2.41. The molecule has 2 aromatic rings. The Morgan fingerprint density at radius 2 is 1.73 bits per heavy atom. The van der Waals surface area contributed by atoms with Crippen molar-refractivity contribution in [1.29, 1.82) is 0 Å². The van der Waals surface area contributed by atoms with E-state index in [2.05, 4.69) is 37.3 Å². The van der Waals surface area contributed by atoms with E-state index in [4.69, 9.17) is 4.74 Å². The Kier molecular flexibility index (Phi) is 11.7. The van der Waals surface area contributed by atoms with Crippen molar-refractivity contribution in [2.45, 2.75) is 134 Å². The number of hydrogen-bond acceptors (Lipinski definition) is 5. The quantitative estimate of drug-likeness (QED) is 0.231. The van der Waals surface area contributed by atoms with Crippen molar-refractivity contribution in [1.82, 2.24) is 4.31 Å². The summed E-state index contributed by atoms with van der Waals surface area (Å²) in [5, 5.41) is 11.9. The van der Waals surface area contributed by atoms with Crippen LogP contribution in [0.1, 0.15) is 126 Å². The van der Waals surface area contributed by atoms with E-state index >= 15 is 0 Å². The van der Waals surface area contributed by atoms with Gasteiger partial charge in [0, 0.05) is 25.4 Å². The van der Waals surface area contributed by atoms with Gasteiger partial charge in [-0.2, -0.15) is 0 Å². The molecule has 2 aromatic carbocycles. The molecular weight excluding hydrogens is 619 g/mol. The fourth-order valence-electron chi connectivity index (χ4n) is 9.67. The van der Waals surface area contributed by atoms with E-state index in [1.807, 2.05) is 18.2 Å². The molecule has 264 valence electrons. The number of benzene rings is 2. The number of piperidine rings is 1. The second-order valence-corrected chi connectivity index (χ2v) is 18.0. The number of aliphatic hydroxyl groups excluding tert-OH is 1. The second kappa shape index (κ2) is 15.8. The molecule has 7 heteroatoms. The summed E-state index contributed by atoms with van der Waals surface area (Å²) < 4.78 is 33.8. The van der Waals surface area contributed by atoms with Gasteiger partial charge in [-0.25, -0.2) is 12.7 Å². The number of nitrogens with zero attached hydrogens (tertiary/aromatic N) is 1. The zero-order chi connectivity index (χ0) is 33.7. The normalized spacial score (nSPS) is 26.1. The van der Waals surface area contributed by atoms with Crippen molar-refractivity contribution < 1.29 is 23.1 Å². The summed E-state index contributed by atoms with van der Waals surface area (Å²) in [6.07, 6.45) is 17.7. The fraction of sp³-hybridized carbons (Fsp3) is 0.683. The molecule has 2 saturated carbocycles. The SMILES string of the molecule is CCc1ccc2c(c1)C(CC[C@@H](O)[C@@H](CC(=O)C1CC(CC3CCCCC3)CN(S(C)(=O)=O)C1)Cc1ccccc1)CC1(CCCC1)O2. The Labute approximate surface area is 290 Å². The summed E-state index contributed by atoms with van der Waals surface area (Å²) in [6, 6.07) is 16.9. The van der Waals surface area contributed by atoms with E-state index in [0.717, 1.165) is 56.3 Å². The van der Waals surface area contributed by atoms with Gasteiger partial charge in [-0.15, -0.1) is 0 Å². The van der Waals surface area contributed by atoms with Crippen LogP contribution in [0, 0.1) is 23.7 Å². The molecule has 6 rings (SSSR count). The molecule has 5 atom stereocenters. The number of fused-ring (bicyclic) bond motifs is 1. The van der Waals surface area contributed by atoms with Gasteiger partial charge in [0.05, 0.1) is 12.4 Å². The highest BCUT2D eigenvalue weighted by Gasteiger charge is 2.43. The van der Waals surface area contributed by atoms with E-state index < -0.39 is 16.1 Å². The predicted molar refractivity (Wildman–Crippen MR) is 193 cm³/mol. The lowest BCUT2D eigenvalue weighted by Crippen LogP contribution is -2.46. The molecule has 0 amide bonds. The van der Waals surface area contributed by atoms with Crippen molar-refractivity contribution in [2.75, 3.05) is 19.3 Å². The van der Waals surface area contributed by atoms with Crippen LogP contribution in [0.5, 0.6) is 5.75 Å². The molecule has 1 N–H and O–H groups in total. The van der Waals surface area contributed by atoms with Crippen molar-refractivity contribution in [3.8, 4) is 5.75 Å². The maximum atomic E-state index is 14.2. The zero-order valence-corrected chi connectivity index (χ0v) is 30.3. The second-order valence-electron chi connectivity index (χ2n) is 16.0. The molecule has 4 aliphatic rings. The van der Waals surface area contributed by atoms with Crippen molar-refractivity contribution in [3.05, 3.63) is 65.2 Å². The molecule has 0 aromatic heterocycles. The highest BCUT2D eigenvalue weighted by atomic mass is 32.2. The predicted octanol–water partition coefficient (Wildman–Crippen LogP) is 8.26. The molecule has 0 radical (unpaired) electrons. The summed E-state index contributed by atoms with van der Waals surface area (Å²) >= 11 is 0. The van der Waals surface area contributed by atoms with Gasteiger partial charge in [0.15, 0.2) is 0 Å². The van der Waals surface area contributed by atoms with Crippen LogP contribution in [0.4, 0.5) is 0 Å². The minimum Gasteiger partial charge on any atom is -0.487 e. The van der Waals surface area contributed by atoms with Crippen LogP contribution in [0.2, 0.25) is 0 Å². The molecule has 48 heavy (non-hydrogen) atoms. The molecule has 6 nitrogen and oxygen atoms in total.